The van der Waals surface area contributed by atoms with Crippen LogP contribution in [0.1, 0.15) is 47.1 Å². The molecule has 25 heavy (non-hydrogen) atoms. The highest BCUT2D eigenvalue weighted by atomic mass is 16.6. The van der Waals surface area contributed by atoms with Gasteiger partial charge < -0.3 is 9.47 Å². The Bertz CT molecular complexity index is 665. The molecular formula is C20H27NO4. The summed E-state index contributed by atoms with van der Waals surface area (Å²) in [6, 6.07) is 9.42. The van der Waals surface area contributed by atoms with Crippen molar-refractivity contribution in [1.29, 1.82) is 0 Å². The predicted molar refractivity (Wildman–Crippen MR) is 96.5 cm³/mol. The molecule has 0 aliphatic carbocycles. The van der Waals surface area contributed by atoms with Crippen molar-refractivity contribution in [2.75, 3.05) is 6.54 Å². The zero-order chi connectivity index (χ0) is 18.8. The molecule has 0 amide bonds. The maximum absolute atomic E-state index is 12.8. The Kier molecular flexibility index (Phi) is 5.35. The molecule has 0 N–H and O–H groups in total. The van der Waals surface area contributed by atoms with Crippen molar-refractivity contribution in [2.45, 2.75) is 52.7 Å². The van der Waals surface area contributed by atoms with E-state index >= 15 is 0 Å². The summed E-state index contributed by atoms with van der Waals surface area (Å²) >= 11 is 0. The first kappa shape index (κ1) is 19.2. The minimum Gasteiger partial charge on any atom is -0.460 e. The lowest BCUT2D eigenvalue weighted by Crippen LogP contribution is -2.40. The fraction of sp³-hybridized carbons (Fsp3) is 0.550. The average Bonchev–Trinajstić information content (AvgIpc) is 2.89. The number of carbonyl (C=O) groups excluding carboxylic acids is 2. The topological polar surface area (TPSA) is 65.0 Å². The first-order valence-electron chi connectivity index (χ1n) is 8.53. The van der Waals surface area contributed by atoms with Gasteiger partial charge in [0.1, 0.15) is 17.1 Å². The molecule has 0 radical (unpaired) electrons. The van der Waals surface area contributed by atoms with Gasteiger partial charge in [0.05, 0.1) is 18.2 Å². The summed E-state index contributed by atoms with van der Waals surface area (Å²) in [6.45, 7) is 11.1. The van der Waals surface area contributed by atoms with Gasteiger partial charge in [0.15, 0.2) is 0 Å². The van der Waals surface area contributed by atoms with Crippen LogP contribution in [0, 0.1) is 11.8 Å². The summed E-state index contributed by atoms with van der Waals surface area (Å²) in [4.78, 5) is 29.9. The van der Waals surface area contributed by atoms with Gasteiger partial charge in [0.25, 0.3) is 0 Å². The molecule has 5 heteroatoms. The molecule has 2 rings (SSSR count). The van der Waals surface area contributed by atoms with E-state index in [1.807, 2.05) is 51.1 Å². The smallest absolute Gasteiger partial charge is 0.316 e. The number of aliphatic imine (C=N–C) groups is 1. The molecule has 0 saturated heterocycles. The van der Waals surface area contributed by atoms with Gasteiger partial charge in [-0.3, -0.25) is 14.6 Å². The lowest BCUT2D eigenvalue weighted by atomic mass is 9.87. The molecule has 0 fully saturated rings. The molecule has 0 bridgehead atoms. The normalized spacial score (nSPS) is 20.8. The molecule has 1 aromatic carbocycles. The Morgan fingerprint density at radius 2 is 1.44 bits per heavy atom. The maximum Gasteiger partial charge on any atom is 0.316 e. The van der Waals surface area contributed by atoms with Gasteiger partial charge in [-0.05, 0) is 47.1 Å². The van der Waals surface area contributed by atoms with Crippen LogP contribution in [0.2, 0.25) is 0 Å². The van der Waals surface area contributed by atoms with E-state index in [9.17, 15) is 9.59 Å². The van der Waals surface area contributed by atoms with Crippen molar-refractivity contribution in [2.24, 2.45) is 16.8 Å². The number of hydrogen-bond acceptors (Lipinski definition) is 5. The van der Waals surface area contributed by atoms with Gasteiger partial charge in [0, 0.05) is 0 Å². The number of hydrogen-bond donors (Lipinski definition) is 0. The molecule has 1 aliphatic rings. The lowest BCUT2D eigenvalue weighted by molar-refractivity contribution is -0.169. The SMILES string of the molecule is CC(C)(C)OC(=O)[C@@H]1C(c2ccccc2)=NC[C@@H]1C(=O)OC(C)(C)C. The first-order chi connectivity index (χ1) is 11.5. The number of rotatable bonds is 3. The fourth-order valence-corrected chi connectivity index (χ4v) is 2.70. The standard InChI is InChI=1S/C20H27NO4/c1-19(2,3)24-17(22)14-12-21-16(13-10-8-7-9-11-13)15(14)18(23)25-20(4,5)6/h7-11,14-15H,12H2,1-6H3/t14-,15-/m0/s1. The van der Waals surface area contributed by atoms with Crippen LogP contribution in [0.15, 0.2) is 35.3 Å². The molecule has 0 spiro atoms. The van der Waals surface area contributed by atoms with Gasteiger partial charge in [-0.25, -0.2) is 0 Å². The molecule has 1 aromatic rings. The number of nitrogens with zero attached hydrogens (tertiary/aromatic N) is 1. The van der Waals surface area contributed by atoms with Crippen LogP contribution in [0.4, 0.5) is 0 Å². The third kappa shape index (κ3) is 5.15. The van der Waals surface area contributed by atoms with Gasteiger partial charge in [-0.1, -0.05) is 30.3 Å². The Labute approximate surface area is 149 Å². The molecule has 2 atom stereocenters. The molecule has 1 heterocycles. The Hall–Kier alpha value is -2.17. The molecule has 0 aromatic heterocycles. The second-order valence-electron chi connectivity index (χ2n) is 8.24. The van der Waals surface area contributed by atoms with Crippen LogP contribution in [-0.2, 0) is 19.1 Å². The number of benzene rings is 1. The number of esters is 2. The molecule has 5 nitrogen and oxygen atoms in total. The van der Waals surface area contributed by atoms with Crippen molar-refractivity contribution < 1.29 is 19.1 Å². The monoisotopic (exact) mass is 345 g/mol. The van der Waals surface area contributed by atoms with Crippen molar-refractivity contribution >= 4 is 17.7 Å². The van der Waals surface area contributed by atoms with Crippen LogP contribution < -0.4 is 0 Å². The average molecular weight is 345 g/mol. The van der Waals surface area contributed by atoms with E-state index < -0.39 is 35.0 Å². The number of ether oxygens (including phenoxy) is 2. The highest BCUT2D eigenvalue weighted by Gasteiger charge is 2.45. The molecule has 136 valence electrons. The van der Waals surface area contributed by atoms with Gasteiger partial charge in [-0.15, -0.1) is 0 Å². The van der Waals surface area contributed by atoms with Crippen molar-refractivity contribution in [3.05, 3.63) is 35.9 Å². The second-order valence-corrected chi connectivity index (χ2v) is 8.24. The lowest BCUT2D eigenvalue weighted by Gasteiger charge is -2.27. The van der Waals surface area contributed by atoms with Crippen LogP contribution in [0.5, 0.6) is 0 Å². The Morgan fingerprint density at radius 3 is 1.96 bits per heavy atom. The van der Waals surface area contributed by atoms with Crippen LogP contribution in [0.25, 0.3) is 0 Å². The van der Waals surface area contributed by atoms with Crippen molar-refractivity contribution in [1.82, 2.24) is 0 Å². The first-order valence-corrected chi connectivity index (χ1v) is 8.53. The zero-order valence-electron chi connectivity index (χ0n) is 15.8. The zero-order valence-corrected chi connectivity index (χ0v) is 15.8. The van der Waals surface area contributed by atoms with E-state index in [4.69, 9.17) is 9.47 Å². The van der Waals surface area contributed by atoms with E-state index in [0.717, 1.165) is 5.56 Å². The minimum atomic E-state index is -0.753. The van der Waals surface area contributed by atoms with Gasteiger partial charge >= 0.3 is 11.9 Å². The third-order valence-electron chi connectivity index (χ3n) is 3.60. The summed E-state index contributed by atoms with van der Waals surface area (Å²) in [5.41, 5.74) is 0.153. The highest BCUT2D eigenvalue weighted by molar-refractivity contribution is 6.15. The Morgan fingerprint density at radius 1 is 0.920 bits per heavy atom. The predicted octanol–water partition coefficient (Wildman–Crippen LogP) is 3.41. The van der Waals surface area contributed by atoms with E-state index in [1.165, 1.54) is 0 Å². The summed E-state index contributed by atoms with van der Waals surface area (Å²) < 4.78 is 11.1. The summed E-state index contributed by atoms with van der Waals surface area (Å²) in [7, 11) is 0. The maximum atomic E-state index is 12.8. The van der Waals surface area contributed by atoms with Gasteiger partial charge in [-0.2, -0.15) is 0 Å². The van der Waals surface area contributed by atoms with Crippen LogP contribution >= 0.6 is 0 Å². The largest absolute Gasteiger partial charge is 0.460 e. The van der Waals surface area contributed by atoms with E-state index in [2.05, 4.69) is 4.99 Å². The second kappa shape index (κ2) is 6.98. The summed E-state index contributed by atoms with van der Waals surface area (Å²) in [6.07, 6.45) is 0. The quantitative estimate of drug-likeness (QED) is 0.788. The van der Waals surface area contributed by atoms with Crippen molar-refractivity contribution in [3.8, 4) is 0 Å². The van der Waals surface area contributed by atoms with Crippen molar-refractivity contribution in [3.63, 3.8) is 0 Å². The number of carbonyl (C=O) groups is 2. The highest BCUT2D eigenvalue weighted by Crippen LogP contribution is 2.30. The fourth-order valence-electron chi connectivity index (χ4n) is 2.70. The molecule has 0 saturated carbocycles. The van der Waals surface area contributed by atoms with E-state index in [-0.39, 0.29) is 6.54 Å². The molecule has 0 unspecified atom stereocenters. The molecular weight excluding hydrogens is 318 g/mol. The summed E-state index contributed by atoms with van der Waals surface area (Å²) in [5, 5.41) is 0. The summed E-state index contributed by atoms with van der Waals surface area (Å²) in [5.74, 6) is -2.28. The molecule has 1 aliphatic heterocycles. The Balaban J connectivity index is 2.32. The third-order valence-corrected chi connectivity index (χ3v) is 3.60. The van der Waals surface area contributed by atoms with Crippen LogP contribution in [0.3, 0.4) is 0 Å². The van der Waals surface area contributed by atoms with Gasteiger partial charge in [0.2, 0.25) is 0 Å². The minimum absolute atomic E-state index is 0.225. The van der Waals surface area contributed by atoms with E-state index in [0.29, 0.717) is 5.71 Å². The van der Waals surface area contributed by atoms with Crippen LogP contribution in [-0.4, -0.2) is 35.4 Å². The van der Waals surface area contributed by atoms with E-state index in [1.54, 1.807) is 20.8 Å².